The Morgan fingerprint density at radius 1 is 1.15 bits per heavy atom. The lowest BCUT2D eigenvalue weighted by molar-refractivity contribution is 0.213. The molecule has 1 saturated heterocycles. The number of benzene rings is 1. The number of likely N-dealkylation sites (tertiary alicyclic amines) is 1. The molecule has 6 nitrogen and oxygen atoms in total. The van der Waals surface area contributed by atoms with Gasteiger partial charge in [0.1, 0.15) is 6.10 Å². The topological polar surface area (TPSA) is 58.1 Å². The summed E-state index contributed by atoms with van der Waals surface area (Å²) in [6, 6.07) is 8.27. The van der Waals surface area contributed by atoms with E-state index in [9.17, 15) is 0 Å². The molecule has 7 heteroatoms. The standard InChI is InChI=1S/C20H34N4O2.HI/c1-5-17(24-12-8-9-13-24)15-23-20(21-3)22-14-16(2)26-19-11-7-6-10-18(19)25-4;/h6-7,10-11,16-17H,5,8-9,12-15H2,1-4H3,(H2,21,22,23);1H. The highest BCUT2D eigenvalue weighted by Gasteiger charge is 2.20. The first-order chi connectivity index (χ1) is 12.7. The van der Waals surface area contributed by atoms with Crippen molar-refractivity contribution in [1.29, 1.82) is 0 Å². The average molecular weight is 490 g/mol. The van der Waals surface area contributed by atoms with Gasteiger partial charge < -0.3 is 20.1 Å². The molecular formula is C20H35IN4O2. The first kappa shape index (κ1) is 23.8. The molecule has 1 aliphatic heterocycles. The fourth-order valence-electron chi connectivity index (χ4n) is 3.29. The minimum atomic E-state index is -0.00889. The molecule has 0 radical (unpaired) electrons. The van der Waals surface area contributed by atoms with Crippen molar-refractivity contribution >= 4 is 29.9 Å². The van der Waals surface area contributed by atoms with Gasteiger partial charge in [-0.05, 0) is 51.4 Å². The summed E-state index contributed by atoms with van der Waals surface area (Å²) in [5.74, 6) is 2.32. The van der Waals surface area contributed by atoms with Crippen LogP contribution in [0, 0.1) is 0 Å². The zero-order chi connectivity index (χ0) is 18.8. The first-order valence-corrected chi connectivity index (χ1v) is 9.66. The monoisotopic (exact) mass is 490 g/mol. The van der Waals surface area contributed by atoms with Crippen molar-refractivity contribution in [3.05, 3.63) is 24.3 Å². The molecule has 154 valence electrons. The molecule has 2 rings (SSSR count). The highest BCUT2D eigenvalue weighted by molar-refractivity contribution is 14.0. The van der Waals surface area contributed by atoms with Crippen molar-refractivity contribution < 1.29 is 9.47 Å². The number of halogens is 1. The third kappa shape index (κ3) is 7.73. The summed E-state index contributed by atoms with van der Waals surface area (Å²) < 4.78 is 11.3. The second-order valence-electron chi connectivity index (χ2n) is 6.72. The lowest BCUT2D eigenvalue weighted by atomic mass is 10.2. The van der Waals surface area contributed by atoms with Gasteiger partial charge in [0.15, 0.2) is 17.5 Å². The number of guanidine groups is 1. The number of hydrogen-bond donors (Lipinski definition) is 2. The first-order valence-electron chi connectivity index (χ1n) is 9.66. The molecule has 1 aromatic carbocycles. The number of hydrogen-bond acceptors (Lipinski definition) is 4. The van der Waals surface area contributed by atoms with E-state index in [1.807, 2.05) is 31.2 Å². The van der Waals surface area contributed by atoms with Gasteiger partial charge in [-0.1, -0.05) is 19.1 Å². The molecule has 1 aromatic rings. The average Bonchev–Trinajstić information content (AvgIpc) is 3.19. The SMILES string of the molecule is CCC(CNC(=NC)NCC(C)Oc1ccccc1OC)N1CCCC1.I. The Hall–Kier alpha value is -1.22. The number of nitrogens with one attached hydrogen (secondary N) is 2. The maximum absolute atomic E-state index is 5.98. The number of rotatable bonds is 9. The van der Waals surface area contributed by atoms with Crippen LogP contribution in [0.3, 0.4) is 0 Å². The zero-order valence-corrected chi connectivity index (χ0v) is 19.4. The van der Waals surface area contributed by atoms with Crippen molar-refractivity contribution in [3.8, 4) is 11.5 Å². The molecule has 0 aliphatic carbocycles. The largest absolute Gasteiger partial charge is 0.493 e. The minimum absolute atomic E-state index is 0. The molecule has 1 aliphatic rings. The lowest BCUT2D eigenvalue weighted by Gasteiger charge is -2.27. The molecule has 0 bridgehead atoms. The molecular weight excluding hydrogens is 455 g/mol. The number of aliphatic imine (C=N–C) groups is 1. The van der Waals surface area contributed by atoms with E-state index in [2.05, 4.69) is 27.4 Å². The van der Waals surface area contributed by atoms with Gasteiger partial charge in [-0.25, -0.2) is 0 Å². The Bertz CT molecular complexity index is 565. The smallest absolute Gasteiger partial charge is 0.191 e. The molecule has 0 aromatic heterocycles. The summed E-state index contributed by atoms with van der Waals surface area (Å²) in [6.45, 7) is 8.30. The molecule has 0 amide bonds. The van der Waals surface area contributed by atoms with Crippen LogP contribution >= 0.6 is 24.0 Å². The molecule has 0 spiro atoms. The van der Waals surface area contributed by atoms with Crippen LogP contribution < -0.4 is 20.1 Å². The zero-order valence-electron chi connectivity index (χ0n) is 17.0. The second-order valence-corrected chi connectivity index (χ2v) is 6.72. The molecule has 0 saturated carbocycles. The predicted molar refractivity (Wildman–Crippen MR) is 123 cm³/mol. The number of nitrogens with zero attached hydrogens (tertiary/aromatic N) is 2. The van der Waals surface area contributed by atoms with Gasteiger partial charge in [0.25, 0.3) is 0 Å². The summed E-state index contributed by atoms with van der Waals surface area (Å²) >= 11 is 0. The normalized spacial score (nSPS) is 17.0. The van der Waals surface area contributed by atoms with E-state index in [0.717, 1.165) is 30.4 Å². The van der Waals surface area contributed by atoms with Gasteiger partial charge in [0, 0.05) is 19.6 Å². The van der Waals surface area contributed by atoms with Crippen LogP contribution in [0.4, 0.5) is 0 Å². The van der Waals surface area contributed by atoms with Crippen LogP contribution in [-0.2, 0) is 0 Å². The summed E-state index contributed by atoms with van der Waals surface area (Å²) in [6.07, 6.45) is 3.78. The van der Waals surface area contributed by atoms with Crippen LogP contribution in [0.1, 0.15) is 33.1 Å². The van der Waals surface area contributed by atoms with Crippen LogP contribution in [0.15, 0.2) is 29.3 Å². The third-order valence-electron chi connectivity index (χ3n) is 4.81. The van der Waals surface area contributed by atoms with E-state index in [1.54, 1.807) is 14.2 Å². The van der Waals surface area contributed by atoms with E-state index in [1.165, 1.54) is 25.9 Å². The van der Waals surface area contributed by atoms with Crippen molar-refractivity contribution in [1.82, 2.24) is 15.5 Å². The fourth-order valence-corrected chi connectivity index (χ4v) is 3.29. The fraction of sp³-hybridized carbons (Fsp3) is 0.650. The highest BCUT2D eigenvalue weighted by Crippen LogP contribution is 2.26. The second kappa shape index (κ2) is 13.0. The van der Waals surface area contributed by atoms with E-state index >= 15 is 0 Å². The molecule has 1 fully saturated rings. The molecule has 2 unspecified atom stereocenters. The van der Waals surface area contributed by atoms with E-state index in [-0.39, 0.29) is 30.1 Å². The van der Waals surface area contributed by atoms with Crippen LogP contribution in [0.25, 0.3) is 0 Å². The Morgan fingerprint density at radius 3 is 2.37 bits per heavy atom. The van der Waals surface area contributed by atoms with E-state index in [4.69, 9.17) is 9.47 Å². The number of para-hydroxylation sites is 2. The lowest BCUT2D eigenvalue weighted by Crippen LogP contribution is -2.47. The summed E-state index contributed by atoms with van der Waals surface area (Å²) in [4.78, 5) is 6.91. The molecule has 27 heavy (non-hydrogen) atoms. The van der Waals surface area contributed by atoms with Gasteiger partial charge in [-0.2, -0.15) is 0 Å². The Labute approximate surface area is 181 Å². The van der Waals surface area contributed by atoms with Crippen LogP contribution in [0.5, 0.6) is 11.5 Å². The quantitative estimate of drug-likeness (QED) is 0.317. The van der Waals surface area contributed by atoms with Gasteiger partial charge in [-0.3, -0.25) is 9.89 Å². The summed E-state index contributed by atoms with van der Waals surface area (Å²) in [5.41, 5.74) is 0. The van der Waals surface area contributed by atoms with Crippen molar-refractivity contribution in [2.45, 2.75) is 45.3 Å². The molecule has 2 N–H and O–H groups in total. The summed E-state index contributed by atoms with van der Waals surface area (Å²) in [5, 5.41) is 6.81. The summed E-state index contributed by atoms with van der Waals surface area (Å²) in [7, 11) is 3.46. The number of methoxy groups -OCH3 is 1. The van der Waals surface area contributed by atoms with Crippen molar-refractivity contribution in [3.63, 3.8) is 0 Å². The van der Waals surface area contributed by atoms with Gasteiger partial charge in [0.2, 0.25) is 0 Å². The third-order valence-corrected chi connectivity index (χ3v) is 4.81. The Balaban J connectivity index is 0.00000364. The molecule has 2 atom stereocenters. The maximum atomic E-state index is 5.98. The maximum Gasteiger partial charge on any atom is 0.191 e. The predicted octanol–water partition coefficient (Wildman–Crippen LogP) is 3.12. The Morgan fingerprint density at radius 2 is 1.78 bits per heavy atom. The number of ether oxygens (including phenoxy) is 2. The van der Waals surface area contributed by atoms with Gasteiger partial charge in [-0.15, -0.1) is 24.0 Å². The van der Waals surface area contributed by atoms with Gasteiger partial charge >= 0.3 is 0 Å². The van der Waals surface area contributed by atoms with Crippen molar-refractivity contribution in [2.24, 2.45) is 4.99 Å². The minimum Gasteiger partial charge on any atom is -0.493 e. The van der Waals surface area contributed by atoms with Gasteiger partial charge in [0.05, 0.1) is 13.7 Å². The van der Waals surface area contributed by atoms with E-state index < -0.39 is 0 Å². The molecule has 1 heterocycles. The highest BCUT2D eigenvalue weighted by atomic mass is 127. The van der Waals surface area contributed by atoms with Crippen LogP contribution in [0.2, 0.25) is 0 Å². The Kier molecular flexibility index (Phi) is 11.5. The van der Waals surface area contributed by atoms with Crippen molar-refractivity contribution in [2.75, 3.05) is 40.3 Å². The van der Waals surface area contributed by atoms with Crippen LogP contribution in [-0.4, -0.2) is 63.3 Å². The van der Waals surface area contributed by atoms with E-state index in [0.29, 0.717) is 12.6 Å².